The summed E-state index contributed by atoms with van der Waals surface area (Å²) < 4.78 is 45.7. The molecule has 2 saturated heterocycles. The Kier molecular flexibility index (Phi) is 5.80. The second-order valence-corrected chi connectivity index (χ2v) is 5.79. The lowest BCUT2D eigenvalue weighted by Gasteiger charge is -2.30. The van der Waals surface area contributed by atoms with E-state index in [0.29, 0.717) is 5.54 Å². The van der Waals surface area contributed by atoms with Gasteiger partial charge in [0, 0.05) is 18.7 Å². The molecule has 0 radical (unpaired) electrons. The Labute approximate surface area is 133 Å². The third-order valence-corrected chi connectivity index (χ3v) is 4.37. The third kappa shape index (κ3) is 4.32. The fraction of sp³-hybridized carbons (Fsp3) is 0.733. The van der Waals surface area contributed by atoms with Crippen LogP contribution in [0.3, 0.4) is 0 Å². The number of aromatic nitrogens is 2. The minimum Gasteiger partial charge on any atom is -0.481 e. The predicted octanol–water partition coefficient (Wildman–Crippen LogP) is 2.77. The number of rotatable bonds is 3. The van der Waals surface area contributed by atoms with Crippen molar-refractivity contribution in [2.75, 3.05) is 33.9 Å². The van der Waals surface area contributed by atoms with Crippen molar-refractivity contribution in [2.24, 2.45) is 0 Å². The van der Waals surface area contributed by atoms with Crippen molar-refractivity contribution in [3.8, 4) is 5.88 Å². The second kappa shape index (κ2) is 7.44. The summed E-state index contributed by atoms with van der Waals surface area (Å²) >= 11 is 0. The van der Waals surface area contributed by atoms with Gasteiger partial charge in [-0.25, -0.2) is 9.97 Å². The molecule has 5 nitrogen and oxygen atoms in total. The molecule has 1 aromatic rings. The van der Waals surface area contributed by atoms with E-state index in [4.69, 9.17) is 4.74 Å². The van der Waals surface area contributed by atoms with Gasteiger partial charge in [-0.3, -0.25) is 4.90 Å². The normalized spacial score (nSPS) is 19.9. The molecule has 0 atom stereocenters. The zero-order chi connectivity index (χ0) is 16.9. The number of halogens is 3. The van der Waals surface area contributed by atoms with Crippen LogP contribution in [0.15, 0.2) is 12.4 Å². The van der Waals surface area contributed by atoms with Crippen LogP contribution in [-0.2, 0) is 10.9 Å². The summed E-state index contributed by atoms with van der Waals surface area (Å²) in [6.07, 6.45) is 1.84. The van der Waals surface area contributed by atoms with Crippen LogP contribution in [0.5, 0.6) is 5.88 Å². The standard InChI is InChI=1S/C9H17NO.C6H5F3N2O/c1-11-8-9-4-2-6-10(9)7-3-5-9;1-12-5-2-4(6(7,8)9)10-3-11-5/h2-8H2,1H3;2-3H,1H3. The van der Waals surface area contributed by atoms with Gasteiger partial charge >= 0.3 is 6.18 Å². The molecule has 130 valence electrons. The van der Waals surface area contributed by atoms with E-state index in [0.717, 1.165) is 19.0 Å². The summed E-state index contributed by atoms with van der Waals surface area (Å²) in [5, 5.41) is 0. The summed E-state index contributed by atoms with van der Waals surface area (Å²) in [7, 11) is 3.06. The Morgan fingerprint density at radius 3 is 2.35 bits per heavy atom. The molecule has 0 aromatic carbocycles. The summed E-state index contributed by atoms with van der Waals surface area (Å²) in [6, 6.07) is 0.736. The van der Waals surface area contributed by atoms with Crippen LogP contribution in [0, 0.1) is 0 Å². The van der Waals surface area contributed by atoms with Crippen molar-refractivity contribution in [1.82, 2.24) is 14.9 Å². The first kappa shape index (κ1) is 17.9. The minimum atomic E-state index is -4.45. The number of methoxy groups -OCH3 is 2. The molecule has 0 amide bonds. The van der Waals surface area contributed by atoms with Crippen LogP contribution in [0.25, 0.3) is 0 Å². The fourth-order valence-electron chi connectivity index (χ4n) is 3.34. The highest BCUT2D eigenvalue weighted by molar-refractivity contribution is 5.15. The molecule has 3 heterocycles. The Morgan fingerprint density at radius 1 is 1.17 bits per heavy atom. The van der Waals surface area contributed by atoms with Crippen LogP contribution < -0.4 is 4.74 Å². The quantitative estimate of drug-likeness (QED) is 0.851. The third-order valence-electron chi connectivity index (χ3n) is 4.37. The van der Waals surface area contributed by atoms with Crippen LogP contribution >= 0.6 is 0 Å². The Hall–Kier alpha value is -1.41. The number of ether oxygens (including phenoxy) is 2. The molecular formula is C15H22F3N3O2. The maximum absolute atomic E-state index is 12.0. The van der Waals surface area contributed by atoms with E-state index in [9.17, 15) is 13.2 Å². The highest BCUT2D eigenvalue weighted by Gasteiger charge is 2.43. The van der Waals surface area contributed by atoms with Gasteiger partial charge in [-0.05, 0) is 38.8 Å². The largest absolute Gasteiger partial charge is 0.481 e. The van der Waals surface area contributed by atoms with Crippen molar-refractivity contribution < 1.29 is 22.6 Å². The first-order chi connectivity index (χ1) is 10.9. The SMILES string of the molecule is COCC12CCCN1CCC2.COc1cc(C(F)(F)F)ncn1. The van der Waals surface area contributed by atoms with Crippen molar-refractivity contribution >= 4 is 0 Å². The molecule has 8 heteroatoms. The van der Waals surface area contributed by atoms with E-state index >= 15 is 0 Å². The van der Waals surface area contributed by atoms with E-state index in [1.54, 1.807) is 0 Å². The van der Waals surface area contributed by atoms with Crippen molar-refractivity contribution in [2.45, 2.75) is 37.4 Å². The molecule has 2 fully saturated rings. The van der Waals surface area contributed by atoms with Gasteiger partial charge in [0.1, 0.15) is 6.33 Å². The van der Waals surface area contributed by atoms with E-state index < -0.39 is 11.9 Å². The van der Waals surface area contributed by atoms with Crippen molar-refractivity contribution in [1.29, 1.82) is 0 Å². The molecule has 0 N–H and O–H groups in total. The van der Waals surface area contributed by atoms with E-state index in [-0.39, 0.29) is 5.88 Å². The molecular weight excluding hydrogens is 311 g/mol. The maximum Gasteiger partial charge on any atom is 0.433 e. The van der Waals surface area contributed by atoms with E-state index in [1.165, 1.54) is 45.9 Å². The molecule has 2 aliphatic heterocycles. The highest BCUT2D eigenvalue weighted by atomic mass is 19.4. The lowest BCUT2D eigenvalue weighted by Crippen LogP contribution is -2.42. The smallest absolute Gasteiger partial charge is 0.433 e. The van der Waals surface area contributed by atoms with Gasteiger partial charge in [0.05, 0.1) is 13.7 Å². The zero-order valence-electron chi connectivity index (χ0n) is 13.4. The summed E-state index contributed by atoms with van der Waals surface area (Å²) in [4.78, 5) is 9.10. The number of hydrogen-bond acceptors (Lipinski definition) is 5. The highest BCUT2D eigenvalue weighted by Crippen LogP contribution is 2.38. The molecule has 1 aromatic heterocycles. The first-order valence-corrected chi connectivity index (χ1v) is 7.58. The van der Waals surface area contributed by atoms with Crippen LogP contribution in [0.4, 0.5) is 13.2 Å². The van der Waals surface area contributed by atoms with Gasteiger partial charge in [-0.2, -0.15) is 13.2 Å². The number of fused-ring (bicyclic) bond motifs is 1. The molecule has 0 spiro atoms. The van der Waals surface area contributed by atoms with Crippen molar-refractivity contribution in [3.63, 3.8) is 0 Å². The molecule has 0 bridgehead atoms. The van der Waals surface area contributed by atoms with Gasteiger partial charge in [0.2, 0.25) is 5.88 Å². The summed E-state index contributed by atoms with van der Waals surface area (Å²) in [5.74, 6) is -0.0997. The average Bonchev–Trinajstić information content (AvgIpc) is 3.07. The topological polar surface area (TPSA) is 47.5 Å². The van der Waals surface area contributed by atoms with Gasteiger partial charge in [0.25, 0.3) is 0 Å². The Morgan fingerprint density at radius 2 is 1.83 bits per heavy atom. The molecule has 3 rings (SSSR count). The minimum absolute atomic E-state index is 0.0997. The number of nitrogens with zero attached hydrogens (tertiary/aromatic N) is 3. The van der Waals surface area contributed by atoms with Gasteiger partial charge in [-0.1, -0.05) is 0 Å². The van der Waals surface area contributed by atoms with E-state index in [1.807, 2.05) is 7.11 Å². The maximum atomic E-state index is 12.0. The van der Waals surface area contributed by atoms with Gasteiger partial charge in [-0.15, -0.1) is 0 Å². The fourth-order valence-corrected chi connectivity index (χ4v) is 3.34. The summed E-state index contributed by atoms with van der Waals surface area (Å²) in [6.45, 7) is 3.57. The Balaban J connectivity index is 0.000000167. The second-order valence-electron chi connectivity index (χ2n) is 5.79. The van der Waals surface area contributed by atoms with Crippen molar-refractivity contribution in [3.05, 3.63) is 18.1 Å². The molecule has 23 heavy (non-hydrogen) atoms. The molecule has 0 unspecified atom stereocenters. The van der Waals surface area contributed by atoms with Gasteiger partial charge < -0.3 is 9.47 Å². The predicted molar refractivity (Wildman–Crippen MR) is 78.2 cm³/mol. The molecule has 0 aliphatic carbocycles. The molecule has 2 aliphatic rings. The summed E-state index contributed by atoms with van der Waals surface area (Å²) in [5.41, 5.74) is -0.538. The van der Waals surface area contributed by atoms with E-state index in [2.05, 4.69) is 19.6 Å². The van der Waals surface area contributed by atoms with Gasteiger partial charge in [0.15, 0.2) is 5.69 Å². The van der Waals surface area contributed by atoms with Crippen LogP contribution in [0.1, 0.15) is 31.4 Å². The zero-order valence-corrected chi connectivity index (χ0v) is 13.4. The molecule has 0 saturated carbocycles. The first-order valence-electron chi connectivity index (χ1n) is 7.58. The average molecular weight is 333 g/mol. The number of alkyl halides is 3. The van der Waals surface area contributed by atoms with Crippen LogP contribution in [0.2, 0.25) is 0 Å². The number of hydrogen-bond donors (Lipinski definition) is 0. The Bertz CT molecular complexity index is 501. The monoisotopic (exact) mass is 333 g/mol. The lowest BCUT2D eigenvalue weighted by atomic mass is 9.95. The van der Waals surface area contributed by atoms with Crippen LogP contribution in [-0.4, -0.2) is 54.3 Å². The lowest BCUT2D eigenvalue weighted by molar-refractivity contribution is -0.141.